The summed E-state index contributed by atoms with van der Waals surface area (Å²) < 4.78 is 5.71. The van der Waals surface area contributed by atoms with Crippen molar-refractivity contribution < 1.29 is 4.74 Å². The molecule has 0 spiro atoms. The Kier molecular flexibility index (Phi) is 6.20. The Morgan fingerprint density at radius 2 is 1.71 bits per heavy atom. The molecular weight excluding hydrogens is 349 g/mol. The van der Waals surface area contributed by atoms with Crippen molar-refractivity contribution in [3.8, 4) is 5.75 Å². The van der Waals surface area contributed by atoms with Crippen LogP contribution in [0.25, 0.3) is 0 Å². The van der Waals surface area contributed by atoms with Crippen molar-refractivity contribution in [2.24, 2.45) is 0 Å². The number of rotatable bonds is 6. The SMILES string of the molecule is CC(C)NCc1ccc(COc2cc(Cl)c(Cl)cc2Cl)s1. The van der Waals surface area contributed by atoms with Crippen LogP contribution in [0.1, 0.15) is 23.6 Å². The van der Waals surface area contributed by atoms with E-state index in [1.165, 1.54) is 4.88 Å². The summed E-state index contributed by atoms with van der Waals surface area (Å²) in [5, 5.41) is 4.71. The van der Waals surface area contributed by atoms with Gasteiger partial charge in [0, 0.05) is 28.4 Å². The molecule has 0 saturated carbocycles. The van der Waals surface area contributed by atoms with Crippen molar-refractivity contribution in [2.75, 3.05) is 0 Å². The zero-order valence-electron chi connectivity index (χ0n) is 11.8. The lowest BCUT2D eigenvalue weighted by atomic mass is 10.3. The number of hydrogen-bond acceptors (Lipinski definition) is 3. The first-order valence-electron chi connectivity index (χ1n) is 6.54. The van der Waals surface area contributed by atoms with Gasteiger partial charge in [0.25, 0.3) is 0 Å². The molecule has 1 heterocycles. The van der Waals surface area contributed by atoms with Gasteiger partial charge in [-0.05, 0) is 18.2 Å². The van der Waals surface area contributed by atoms with Gasteiger partial charge >= 0.3 is 0 Å². The smallest absolute Gasteiger partial charge is 0.140 e. The largest absolute Gasteiger partial charge is 0.486 e. The molecule has 0 bridgehead atoms. The van der Waals surface area contributed by atoms with Gasteiger partial charge in [0.2, 0.25) is 0 Å². The van der Waals surface area contributed by atoms with E-state index in [1.54, 1.807) is 23.5 Å². The first kappa shape index (κ1) is 16.9. The number of ether oxygens (including phenoxy) is 1. The second-order valence-electron chi connectivity index (χ2n) is 4.89. The molecule has 21 heavy (non-hydrogen) atoms. The molecule has 1 aromatic heterocycles. The second kappa shape index (κ2) is 7.70. The number of hydrogen-bond donors (Lipinski definition) is 1. The number of thiophene rings is 1. The van der Waals surface area contributed by atoms with Gasteiger partial charge in [0.05, 0.1) is 15.1 Å². The summed E-state index contributed by atoms with van der Waals surface area (Å²) in [5.74, 6) is 0.543. The first-order chi connectivity index (χ1) is 9.95. The fraction of sp³-hybridized carbons (Fsp3) is 0.333. The Morgan fingerprint density at radius 3 is 2.43 bits per heavy atom. The van der Waals surface area contributed by atoms with Gasteiger partial charge in [-0.3, -0.25) is 0 Å². The molecule has 2 aromatic rings. The van der Waals surface area contributed by atoms with E-state index in [2.05, 4.69) is 31.3 Å². The van der Waals surface area contributed by atoms with Crippen LogP contribution in [0.3, 0.4) is 0 Å². The van der Waals surface area contributed by atoms with Crippen molar-refractivity contribution >= 4 is 46.1 Å². The first-order valence-corrected chi connectivity index (χ1v) is 8.49. The lowest BCUT2D eigenvalue weighted by Gasteiger charge is -2.08. The molecule has 0 radical (unpaired) electrons. The molecule has 0 unspecified atom stereocenters. The molecular formula is C15H16Cl3NOS. The summed E-state index contributed by atoms with van der Waals surface area (Å²) in [6.45, 7) is 5.59. The third-order valence-electron chi connectivity index (χ3n) is 2.75. The minimum absolute atomic E-state index is 0.423. The quantitative estimate of drug-likeness (QED) is 0.655. The van der Waals surface area contributed by atoms with E-state index < -0.39 is 0 Å². The summed E-state index contributed by atoms with van der Waals surface area (Å²) in [5.41, 5.74) is 0. The van der Waals surface area contributed by atoms with Crippen LogP contribution in [0.2, 0.25) is 15.1 Å². The molecule has 0 amide bonds. The predicted octanol–water partition coefficient (Wildman–Crippen LogP) is 5.79. The molecule has 2 rings (SSSR count). The standard InChI is InChI=1S/C15H16Cl3NOS/c1-9(2)19-7-10-3-4-11(21-10)8-20-15-6-13(17)12(16)5-14(15)18/h3-6,9,19H,7-8H2,1-2H3. The summed E-state index contributed by atoms with van der Waals surface area (Å²) in [7, 11) is 0. The number of nitrogens with one attached hydrogen (secondary N) is 1. The van der Waals surface area contributed by atoms with Crippen molar-refractivity contribution in [1.29, 1.82) is 0 Å². The molecule has 114 valence electrons. The molecule has 0 aliphatic heterocycles. The average molecular weight is 365 g/mol. The highest BCUT2D eigenvalue weighted by molar-refractivity contribution is 7.11. The lowest BCUT2D eigenvalue weighted by Crippen LogP contribution is -2.21. The third kappa shape index (κ3) is 5.04. The van der Waals surface area contributed by atoms with E-state index in [-0.39, 0.29) is 0 Å². The highest BCUT2D eigenvalue weighted by atomic mass is 35.5. The minimum Gasteiger partial charge on any atom is -0.486 e. The molecule has 0 aliphatic rings. The van der Waals surface area contributed by atoms with Crippen LogP contribution < -0.4 is 10.1 Å². The van der Waals surface area contributed by atoms with Crippen LogP contribution in [-0.4, -0.2) is 6.04 Å². The van der Waals surface area contributed by atoms with E-state index in [9.17, 15) is 0 Å². The zero-order chi connectivity index (χ0) is 15.4. The average Bonchev–Trinajstić information content (AvgIpc) is 2.87. The topological polar surface area (TPSA) is 21.3 Å². The van der Waals surface area contributed by atoms with Crippen molar-refractivity contribution in [3.05, 3.63) is 49.1 Å². The Morgan fingerprint density at radius 1 is 1.05 bits per heavy atom. The van der Waals surface area contributed by atoms with Crippen LogP contribution in [-0.2, 0) is 13.2 Å². The van der Waals surface area contributed by atoms with Crippen LogP contribution in [0.4, 0.5) is 0 Å². The maximum atomic E-state index is 6.08. The second-order valence-corrected chi connectivity index (χ2v) is 7.36. The van der Waals surface area contributed by atoms with Gasteiger partial charge in [0.15, 0.2) is 0 Å². The van der Waals surface area contributed by atoms with Gasteiger partial charge in [0.1, 0.15) is 12.4 Å². The van der Waals surface area contributed by atoms with Crippen LogP contribution >= 0.6 is 46.1 Å². The van der Waals surface area contributed by atoms with Gasteiger partial charge in [-0.25, -0.2) is 0 Å². The van der Waals surface area contributed by atoms with E-state index in [0.29, 0.717) is 33.5 Å². The maximum Gasteiger partial charge on any atom is 0.140 e. The van der Waals surface area contributed by atoms with E-state index in [0.717, 1.165) is 11.4 Å². The fourth-order valence-corrected chi connectivity index (χ4v) is 3.14. The zero-order valence-corrected chi connectivity index (χ0v) is 14.8. The van der Waals surface area contributed by atoms with Gasteiger partial charge < -0.3 is 10.1 Å². The summed E-state index contributed by atoms with van der Waals surface area (Å²) >= 11 is 19.7. The van der Waals surface area contributed by atoms with Gasteiger partial charge in [-0.2, -0.15) is 0 Å². The van der Waals surface area contributed by atoms with E-state index >= 15 is 0 Å². The Bertz CT molecular complexity index is 613. The van der Waals surface area contributed by atoms with Gasteiger partial charge in [-0.15, -0.1) is 11.3 Å². The summed E-state index contributed by atoms with van der Waals surface area (Å²) in [6.07, 6.45) is 0. The monoisotopic (exact) mass is 363 g/mol. The van der Waals surface area contributed by atoms with E-state index in [1.807, 2.05) is 0 Å². The third-order valence-corrected chi connectivity index (χ3v) is 4.82. The summed E-state index contributed by atoms with van der Waals surface area (Å²) in [4.78, 5) is 2.42. The highest BCUT2D eigenvalue weighted by Crippen LogP contribution is 2.34. The molecule has 2 nitrogen and oxygen atoms in total. The van der Waals surface area contributed by atoms with Crippen LogP contribution in [0, 0.1) is 0 Å². The molecule has 0 fully saturated rings. The molecule has 0 atom stereocenters. The predicted molar refractivity (Wildman–Crippen MR) is 92.1 cm³/mol. The van der Waals surface area contributed by atoms with Crippen molar-refractivity contribution in [1.82, 2.24) is 5.32 Å². The van der Waals surface area contributed by atoms with Gasteiger partial charge in [-0.1, -0.05) is 48.7 Å². The Labute approximate surface area is 144 Å². The van der Waals surface area contributed by atoms with Crippen molar-refractivity contribution in [2.45, 2.75) is 33.0 Å². The van der Waals surface area contributed by atoms with E-state index in [4.69, 9.17) is 39.5 Å². The Hall–Kier alpha value is -0.450. The number of halogens is 3. The molecule has 0 saturated heterocycles. The van der Waals surface area contributed by atoms with Crippen LogP contribution in [0.5, 0.6) is 5.75 Å². The Balaban J connectivity index is 1.96. The molecule has 6 heteroatoms. The highest BCUT2D eigenvalue weighted by Gasteiger charge is 2.08. The maximum absolute atomic E-state index is 6.08. The molecule has 0 aliphatic carbocycles. The van der Waals surface area contributed by atoms with Crippen LogP contribution in [0.15, 0.2) is 24.3 Å². The normalized spacial score (nSPS) is 11.1. The molecule has 1 N–H and O–H groups in total. The minimum atomic E-state index is 0.423. The number of benzene rings is 1. The fourth-order valence-electron chi connectivity index (χ4n) is 1.66. The lowest BCUT2D eigenvalue weighted by molar-refractivity contribution is 0.310. The van der Waals surface area contributed by atoms with Crippen molar-refractivity contribution in [3.63, 3.8) is 0 Å². The summed E-state index contributed by atoms with van der Waals surface area (Å²) in [6, 6.07) is 7.87. The molecule has 1 aromatic carbocycles.